The third-order valence-electron chi connectivity index (χ3n) is 5.71. The fourth-order valence-corrected chi connectivity index (χ4v) is 3.83. The zero-order valence-electron chi connectivity index (χ0n) is 21.9. The van der Waals surface area contributed by atoms with Gasteiger partial charge in [0, 0.05) is 25.4 Å². The molecule has 2 rings (SSSR count). The number of aliphatic hydroxyl groups excluding tert-OH is 2. The van der Waals surface area contributed by atoms with E-state index in [-0.39, 0.29) is 13.1 Å². The number of amides is 1. The molecule has 1 aliphatic rings. The number of likely N-dealkylation sites (N-methyl/N-ethyl adjacent to an activating group) is 1. The van der Waals surface area contributed by atoms with Crippen molar-refractivity contribution in [3.63, 3.8) is 0 Å². The number of nitrogens with zero attached hydrogens (tertiary/aromatic N) is 1. The molecule has 0 saturated heterocycles. The van der Waals surface area contributed by atoms with Crippen LogP contribution >= 0.6 is 0 Å². The number of hydrogen-bond donors (Lipinski definition) is 4. The Labute approximate surface area is 221 Å². The van der Waals surface area contributed by atoms with Gasteiger partial charge < -0.3 is 35.2 Å². The molecule has 0 aromatic heterocycles. The van der Waals surface area contributed by atoms with Crippen molar-refractivity contribution in [1.82, 2.24) is 15.5 Å². The van der Waals surface area contributed by atoms with Crippen LogP contribution in [0.5, 0.6) is 0 Å². The first-order valence-corrected chi connectivity index (χ1v) is 12.5. The van der Waals surface area contributed by atoms with Crippen LogP contribution in [0.15, 0.2) is 66.1 Å². The zero-order chi connectivity index (χ0) is 28.1. The number of halogens is 3. The molecule has 0 bridgehead atoms. The molecule has 11 heteroatoms. The Hall–Kier alpha value is -2.86. The van der Waals surface area contributed by atoms with Crippen molar-refractivity contribution in [3.8, 4) is 0 Å². The highest BCUT2D eigenvalue weighted by Gasteiger charge is 2.32. The molecular weight excluding hydrogens is 503 g/mol. The topological polar surface area (TPSA) is 103 Å². The minimum atomic E-state index is -4.84. The Bertz CT molecular complexity index is 951. The number of carbonyl (C=O) groups is 1. The summed E-state index contributed by atoms with van der Waals surface area (Å²) in [6.07, 6.45) is -0.567. The monoisotopic (exact) mass is 541 g/mol. The molecule has 0 fully saturated rings. The van der Waals surface area contributed by atoms with Crippen LogP contribution in [0, 0.1) is 5.92 Å². The lowest BCUT2D eigenvalue weighted by molar-refractivity contribution is -0.303. The van der Waals surface area contributed by atoms with E-state index in [9.17, 15) is 28.2 Å². The van der Waals surface area contributed by atoms with E-state index >= 15 is 0 Å². The largest absolute Gasteiger partial charge is 0.573 e. The Morgan fingerprint density at radius 3 is 2.53 bits per heavy atom. The second kappa shape index (κ2) is 15.5. The van der Waals surface area contributed by atoms with Gasteiger partial charge in [0.25, 0.3) is 5.91 Å². The summed E-state index contributed by atoms with van der Waals surface area (Å²) in [5.41, 5.74) is 1.29. The molecule has 0 aliphatic heterocycles. The summed E-state index contributed by atoms with van der Waals surface area (Å²) in [7, 11) is 1.59. The lowest BCUT2D eigenvalue weighted by atomic mass is 10.0. The second-order valence-corrected chi connectivity index (χ2v) is 9.45. The summed E-state index contributed by atoms with van der Waals surface area (Å²) >= 11 is 0. The molecule has 1 aliphatic carbocycles. The highest BCUT2D eigenvalue weighted by atomic mass is 19.4. The smallest absolute Gasteiger partial charge is 0.406 e. The van der Waals surface area contributed by atoms with E-state index in [4.69, 9.17) is 4.74 Å². The van der Waals surface area contributed by atoms with Gasteiger partial charge in [0.2, 0.25) is 0 Å². The minimum absolute atomic E-state index is 0.0756. The number of rotatable bonds is 15. The highest BCUT2D eigenvalue weighted by molar-refractivity contribution is 5.81. The van der Waals surface area contributed by atoms with E-state index in [0.29, 0.717) is 31.0 Å². The van der Waals surface area contributed by atoms with E-state index in [1.165, 1.54) is 18.2 Å². The molecule has 1 amide bonds. The molecule has 1 aromatic rings. The number of hydrogen-bond acceptors (Lipinski definition) is 7. The van der Waals surface area contributed by atoms with Crippen molar-refractivity contribution in [3.05, 3.63) is 71.7 Å². The van der Waals surface area contributed by atoms with Crippen LogP contribution in [0.2, 0.25) is 0 Å². The maximum Gasteiger partial charge on any atom is 0.573 e. The summed E-state index contributed by atoms with van der Waals surface area (Å²) < 4.78 is 47.5. The average Bonchev–Trinajstić information content (AvgIpc) is 3.08. The molecule has 212 valence electrons. The van der Waals surface area contributed by atoms with Crippen LogP contribution < -0.4 is 10.6 Å². The van der Waals surface area contributed by atoms with E-state index in [1.54, 1.807) is 18.0 Å². The summed E-state index contributed by atoms with van der Waals surface area (Å²) in [6.45, 7) is 4.22. The highest BCUT2D eigenvalue weighted by Crippen LogP contribution is 2.24. The molecule has 3 atom stereocenters. The van der Waals surface area contributed by atoms with E-state index in [1.807, 2.05) is 44.2 Å². The Balaban J connectivity index is 2.14. The van der Waals surface area contributed by atoms with Crippen LogP contribution in [0.25, 0.3) is 0 Å². The number of allylic oxidation sites excluding steroid dienone is 4. The lowest BCUT2D eigenvalue weighted by Crippen LogP contribution is -2.53. The van der Waals surface area contributed by atoms with Crippen LogP contribution in [0.1, 0.15) is 25.8 Å². The summed E-state index contributed by atoms with van der Waals surface area (Å²) in [4.78, 5) is 14.8. The Morgan fingerprint density at radius 1 is 1.18 bits per heavy atom. The van der Waals surface area contributed by atoms with Gasteiger partial charge in [0.1, 0.15) is 12.6 Å². The van der Waals surface area contributed by atoms with Crippen molar-refractivity contribution in [2.45, 2.75) is 51.3 Å². The molecule has 0 saturated carbocycles. The average molecular weight is 542 g/mol. The quantitative estimate of drug-likeness (QED) is 0.253. The normalized spacial score (nSPS) is 16.2. The lowest BCUT2D eigenvalue weighted by Gasteiger charge is -2.29. The second-order valence-electron chi connectivity index (χ2n) is 9.45. The summed E-state index contributed by atoms with van der Waals surface area (Å²) in [6, 6.07) is 8.72. The number of nitrogens with one attached hydrogen (secondary N) is 2. The molecule has 1 aromatic carbocycles. The number of alkyl halides is 3. The number of carbonyl (C=O) groups excluding carboxylic acids is 1. The maximum atomic E-state index is 13.2. The van der Waals surface area contributed by atoms with Crippen LogP contribution in [-0.2, 0) is 20.7 Å². The molecule has 4 N–H and O–H groups in total. The fourth-order valence-electron chi connectivity index (χ4n) is 3.83. The van der Waals surface area contributed by atoms with Gasteiger partial charge >= 0.3 is 6.36 Å². The van der Waals surface area contributed by atoms with Crippen molar-refractivity contribution in [1.29, 1.82) is 0 Å². The van der Waals surface area contributed by atoms with E-state index in [0.717, 1.165) is 5.56 Å². The Morgan fingerprint density at radius 2 is 1.89 bits per heavy atom. The molecule has 0 radical (unpaired) electrons. The summed E-state index contributed by atoms with van der Waals surface area (Å²) in [5.74, 6) is -0.582. The molecule has 38 heavy (non-hydrogen) atoms. The standard InChI is InChI=1S/C27H38F3N3O5/c1-19(2)15-31-16-24(35)23(13-20-9-5-4-6-10-20)32-26(36)25(37-18-34)17-33(3)21-11-7-8-12-22(14-21)38-27(28,29)30/h4-6,8-12,14,19,23-25,31,34-35H,7,13,15-18H2,1-3H3,(H,32,36). The van der Waals surface area contributed by atoms with Crippen molar-refractivity contribution in [2.24, 2.45) is 5.92 Å². The molecule has 8 nitrogen and oxygen atoms in total. The SMILES string of the molecule is CC(C)CNCC(O)C(Cc1ccccc1)NC(=O)C(CN(C)C1=CCC=CC(OC(F)(F)F)=C1)OCO. The van der Waals surface area contributed by atoms with Crippen molar-refractivity contribution in [2.75, 3.05) is 33.5 Å². The van der Waals surface area contributed by atoms with E-state index < -0.39 is 43.1 Å². The number of aliphatic hydroxyl groups is 2. The predicted molar refractivity (Wildman–Crippen MR) is 137 cm³/mol. The first kappa shape index (κ1) is 31.4. The van der Waals surface area contributed by atoms with Gasteiger partial charge in [-0.25, -0.2) is 0 Å². The third-order valence-corrected chi connectivity index (χ3v) is 5.71. The van der Waals surface area contributed by atoms with Crippen molar-refractivity contribution >= 4 is 5.91 Å². The predicted octanol–water partition coefficient (Wildman–Crippen LogP) is 2.85. The number of ether oxygens (including phenoxy) is 2. The van der Waals surface area contributed by atoms with E-state index in [2.05, 4.69) is 15.4 Å². The molecular formula is C27H38F3N3O5. The van der Waals surface area contributed by atoms with Crippen LogP contribution in [-0.4, -0.2) is 79.1 Å². The van der Waals surface area contributed by atoms with Gasteiger partial charge in [0.05, 0.1) is 18.7 Å². The third kappa shape index (κ3) is 11.7. The molecule has 0 heterocycles. The van der Waals surface area contributed by atoms with Gasteiger partial charge in [-0.05, 0) is 36.9 Å². The molecule has 3 unspecified atom stereocenters. The minimum Gasteiger partial charge on any atom is -0.406 e. The fraction of sp³-hybridized carbons (Fsp3) is 0.519. The first-order chi connectivity index (χ1) is 18.0. The van der Waals surface area contributed by atoms with Gasteiger partial charge in [-0.15, -0.1) is 13.2 Å². The maximum absolute atomic E-state index is 13.2. The summed E-state index contributed by atoms with van der Waals surface area (Å²) in [5, 5.41) is 26.3. The van der Waals surface area contributed by atoms with Gasteiger partial charge in [-0.3, -0.25) is 4.79 Å². The first-order valence-electron chi connectivity index (χ1n) is 12.5. The zero-order valence-corrected chi connectivity index (χ0v) is 21.9. The number of benzene rings is 1. The van der Waals surface area contributed by atoms with Gasteiger partial charge in [-0.2, -0.15) is 0 Å². The van der Waals surface area contributed by atoms with Crippen molar-refractivity contribution < 1.29 is 37.7 Å². The molecule has 0 spiro atoms. The van der Waals surface area contributed by atoms with Gasteiger partial charge in [-0.1, -0.05) is 56.3 Å². The van der Waals surface area contributed by atoms with Crippen LogP contribution in [0.4, 0.5) is 13.2 Å². The Kier molecular flexibility index (Phi) is 12.8. The van der Waals surface area contributed by atoms with Crippen LogP contribution in [0.3, 0.4) is 0 Å². The van der Waals surface area contributed by atoms with Gasteiger partial charge in [0.15, 0.2) is 6.10 Å².